The summed E-state index contributed by atoms with van der Waals surface area (Å²) in [6, 6.07) is 81.9. The number of benzene rings is 9. The molecule has 1 heteroatoms. The average Bonchev–Trinajstić information content (AvgIpc) is 3.86. The lowest BCUT2D eigenvalue weighted by atomic mass is 9.68. The molecule has 12 rings (SSSR count). The van der Waals surface area contributed by atoms with Crippen LogP contribution in [0.25, 0.3) is 33.4 Å². The molecule has 61 heavy (non-hydrogen) atoms. The van der Waals surface area contributed by atoms with Crippen LogP contribution < -0.4 is 4.90 Å². The van der Waals surface area contributed by atoms with Crippen LogP contribution in [0.1, 0.15) is 70.8 Å². The van der Waals surface area contributed by atoms with Gasteiger partial charge in [-0.3, -0.25) is 0 Å². The molecule has 9 aromatic rings. The van der Waals surface area contributed by atoms with Gasteiger partial charge in [-0.1, -0.05) is 202 Å². The molecule has 0 N–H and O–H groups in total. The molecule has 290 valence electrons. The Morgan fingerprint density at radius 3 is 1.38 bits per heavy atom. The molecule has 1 atom stereocenters. The highest BCUT2D eigenvalue weighted by Crippen LogP contribution is 2.61. The van der Waals surface area contributed by atoms with Crippen molar-refractivity contribution in [2.75, 3.05) is 4.90 Å². The summed E-state index contributed by atoms with van der Waals surface area (Å²) in [5.41, 5.74) is 22.1. The minimum atomic E-state index is -0.511. The third kappa shape index (κ3) is 4.83. The summed E-state index contributed by atoms with van der Waals surface area (Å²) < 4.78 is 0. The highest BCUT2D eigenvalue weighted by molar-refractivity contribution is 5.99. The Balaban J connectivity index is 1.16. The van der Waals surface area contributed by atoms with Crippen LogP contribution in [0.2, 0.25) is 0 Å². The maximum Gasteiger partial charge on any atom is 0.0714 e. The Morgan fingerprint density at radius 2 is 0.754 bits per heavy atom. The second kappa shape index (κ2) is 13.1. The summed E-state index contributed by atoms with van der Waals surface area (Å²) in [4.78, 5) is 2.57. The monoisotopic (exact) mass is 779 g/mol. The van der Waals surface area contributed by atoms with Crippen molar-refractivity contribution in [3.63, 3.8) is 0 Å². The Labute approximate surface area is 359 Å². The van der Waals surface area contributed by atoms with Crippen molar-refractivity contribution in [3.8, 4) is 33.4 Å². The van der Waals surface area contributed by atoms with Crippen LogP contribution in [0.15, 0.2) is 218 Å². The van der Waals surface area contributed by atoms with Gasteiger partial charge < -0.3 is 4.90 Å². The van der Waals surface area contributed by atoms with Crippen LogP contribution in [-0.2, 0) is 16.2 Å². The van der Waals surface area contributed by atoms with E-state index in [2.05, 4.69) is 244 Å². The largest absolute Gasteiger partial charge is 0.310 e. The normalized spacial score (nSPS) is 16.8. The van der Waals surface area contributed by atoms with Gasteiger partial charge in [-0.2, -0.15) is 0 Å². The lowest BCUT2D eigenvalue weighted by Gasteiger charge is -2.35. The topological polar surface area (TPSA) is 3.24 Å². The quantitative estimate of drug-likeness (QED) is 0.162. The summed E-state index contributed by atoms with van der Waals surface area (Å²) in [7, 11) is 0. The van der Waals surface area contributed by atoms with E-state index in [1.807, 2.05) is 0 Å². The Kier molecular flexibility index (Phi) is 7.69. The smallest absolute Gasteiger partial charge is 0.0714 e. The van der Waals surface area contributed by atoms with E-state index in [1.54, 1.807) is 0 Å². The molecule has 0 bridgehead atoms. The van der Waals surface area contributed by atoms with Gasteiger partial charge in [-0.15, -0.1) is 0 Å². The van der Waals surface area contributed by atoms with Crippen LogP contribution in [-0.4, -0.2) is 0 Å². The first-order chi connectivity index (χ1) is 29.9. The fourth-order valence-corrected chi connectivity index (χ4v) is 11.6. The molecule has 0 aromatic heterocycles. The van der Waals surface area contributed by atoms with Crippen LogP contribution in [0.3, 0.4) is 0 Å². The summed E-state index contributed by atoms with van der Waals surface area (Å²) in [6.45, 7) is 7.18. The standard InChI is InChI=1S/C60H45N/c1-58(2)50-29-16-13-26-45(50)47-36-34-43(38-54(47)58)61(44-35-37-48-46-27-14-17-30-51(46)59(3,55(48)39-44)40-20-7-4-8-21-40)56-33-19-32-53-57(56)49-28-15-18-31-52(49)60(53,41-22-9-5-10-23-41)42-24-11-6-12-25-42/h4-39H,1-3H3. The van der Waals surface area contributed by atoms with E-state index in [0.29, 0.717) is 0 Å². The molecule has 0 spiro atoms. The SMILES string of the molecule is CC1(C)c2ccccc2-c2ccc(N(c3ccc4c(c3)C(C)(c3ccccc3)c3ccccc3-4)c3cccc4c3-c3ccccc3C4(c3ccccc3)c3ccccc3)cc21. The maximum atomic E-state index is 2.57. The van der Waals surface area contributed by atoms with Crippen LogP contribution in [0, 0.1) is 0 Å². The number of hydrogen-bond acceptors (Lipinski definition) is 1. The van der Waals surface area contributed by atoms with Gasteiger partial charge in [-0.05, 0) is 115 Å². The van der Waals surface area contributed by atoms with E-state index in [0.717, 1.165) is 11.4 Å². The van der Waals surface area contributed by atoms with E-state index in [4.69, 9.17) is 0 Å². The van der Waals surface area contributed by atoms with Crippen molar-refractivity contribution in [1.82, 2.24) is 0 Å². The van der Waals surface area contributed by atoms with Crippen molar-refractivity contribution < 1.29 is 0 Å². The molecule has 1 unspecified atom stereocenters. The summed E-state index contributed by atoms with van der Waals surface area (Å²) >= 11 is 0. The first kappa shape index (κ1) is 35.7. The molecule has 1 nitrogen and oxygen atoms in total. The predicted molar refractivity (Wildman–Crippen MR) is 253 cm³/mol. The number of nitrogens with zero attached hydrogens (tertiary/aromatic N) is 1. The fraction of sp³-hybridized carbons (Fsp3) is 0.100. The first-order valence-electron chi connectivity index (χ1n) is 21.6. The molecule has 0 amide bonds. The zero-order valence-corrected chi connectivity index (χ0v) is 34.7. The molecule has 0 aliphatic heterocycles. The average molecular weight is 780 g/mol. The molecule has 0 saturated carbocycles. The van der Waals surface area contributed by atoms with Crippen molar-refractivity contribution in [2.24, 2.45) is 0 Å². The van der Waals surface area contributed by atoms with Gasteiger partial charge in [0.15, 0.2) is 0 Å². The van der Waals surface area contributed by atoms with E-state index in [1.165, 1.54) is 89.1 Å². The Morgan fingerprint density at radius 1 is 0.311 bits per heavy atom. The van der Waals surface area contributed by atoms with Gasteiger partial charge in [0.1, 0.15) is 0 Å². The third-order valence-electron chi connectivity index (χ3n) is 14.4. The van der Waals surface area contributed by atoms with Gasteiger partial charge in [0.2, 0.25) is 0 Å². The molecule has 9 aromatic carbocycles. The molecule has 0 fully saturated rings. The molecule has 0 radical (unpaired) electrons. The van der Waals surface area contributed by atoms with Crippen molar-refractivity contribution >= 4 is 17.1 Å². The highest BCUT2D eigenvalue weighted by Gasteiger charge is 2.48. The highest BCUT2D eigenvalue weighted by atomic mass is 15.1. The second-order valence-electron chi connectivity index (χ2n) is 17.7. The molecular weight excluding hydrogens is 735 g/mol. The molecule has 3 aliphatic rings. The van der Waals surface area contributed by atoms with Gasteiger partial charge in [0.25, 0.3) is 0 Å². The summed E-state index contributed by atoms with van der Waals surface area (Å²) in [5.74, 6) is 0. The maximum absolute atomic E-state index is 2.57. The van der Waals surface area contributed by atoms with Crippen LogP contribution in [0.5, 0.6) is 0 Å². The predicted octanol–water partition coefficient (Wildman–Crippen LogP) is 15.2. The molecule has 0 saturated heterocycles. The third-order valence-corrected chi connectivity index (χ3v) is 14.4. The van der Waals surface area contributed by atoms with Crippen molar-refractivity contribution in [1.29, 1.82) is 0 Å². The molecule has 3 aliphatic carbocycles. The summed E-state index contributed by atoms with van der Waals surface area (Å²) in [6.07, 6.45) is 0. The van der Waals surface area contributed by atoms with E-state index in [-0.39, 0.29) is 10.8 Å². The van der Waals surface area contributed by atoms with Crippen molar-refractivity contribution in [3.05, 3.63) is 268 Å². The van der Waals surface area contributed by atoms with E-state index >= 15 is 0 Å². The van der Waals surface area contributed by atoms with Gasteiger partial charge in [0, 0.05) is 27.8 Å². The fourth-order valence-electron chi connectivity index (χ4n) is 11.6. The molecule has 0 heterocycles. The number of anilines is 3. The zero-order valence-electron chi connectivity index (χ0n) is 34.7. The Hall–Kier alpha value is -7.22. The number of rotatable bonds is 6. The molecular formula is C60H45N. The van der Waals surface area contributed by atoms with Crippen LogP contribution in [0.4, 0.5) is 17.1 Å². The van der Waals surface area contributed by atoms with Gasteiger partial charge >= 0.3 is 0 Å². The zero-order chi connectivity index (χ0) is 40.9. The van der Waals surface area contributed by atoms with Crippen molar-refractivity contribution in [2.45, 2.75) is 37.0 Å². The minimum absolute atomic E-state index is 0.153. The minimum Gasteiger partial charge on any atom is -0.310 e. The number of hydrogen-bond donors (Lipinski definition) is 0. The lowest BCUT2D eigenvalue weighted by molar-refractivity contribution is 0.660. The second-order valence-corrected chi connectivity index (χ2v) is 17.7. The van der Waals surface area contributed by atoms with Gasteiger partial charge in [0.05, 0.1) is 11.1 Å². The summed E-state index contributed by atoms with van der Waals surface area (Å²) in [5, 5.41) is 0. The van der Waals surface area contributed by atoms with E-state index in [9.17, 15) is 0 Å². The van der Waals surface area contributed by atoms with E-state index < -0.39 is 5.41 Å². The van der Waals surface area contributed by atoms with Crippen LogP contribution >= 0.6 is 0 Å². The first-order valence-corrected chi connectivity index (χ1v) is 21.6. The Bertz CT molecular complexity index is 3140. The lowest BCUT2D eigenvalue weighted by Crippen LogP contribution is -2.28. The number of fused-ring (bicyclic) bond motifs is 9. The van der Waals surface area contributed by atoms with Gasteiger partial charge in [-0.25, -0.2) is 0 Å².